The van der Waals surface area contributed by atoms with Crippen molar-refractivity contribution in [3.05, 3.63) is 59.8 Å². The maximum atomic E-state index is 13.7. The lowest BCUT2D eigenvalue weighted by atomic mass is 9.98. The molecule has 1 atom stereocenters. The Bertz CT molecular complexity index is 1000. The highest BCUT2D eigenvalue weighted by molar-refractivity contribution is 5.96. The van der Waals surface area contributed by atoms with Gasteiger partial charge in [-0.1, -0.05) is 0 Å². The van der Waals surface area contributed by atoms with Gasteiger partial charge in [0.25, 0.3) is 0 Å². The van der Waals surface area contributed by atoms with Gasteiger partial charge in [0.1, 0.15) is 17.4 Å². The number of aromatic amines is 1. The highest BCUT2D eigenvalue weighted by Gasteiger charge is 2.33. The smallest absolute Gasteiger partial charge is 0.231 e. The SMILES string of the molecule is COc1cc(F)cc(CC2CCN(c3ccc(-c4cn[nH]c4)c(C)n3)C2=O)c1. The van der Waals surface area contributed by atoms with Gasteiger partial charge in [0, 0.05) is 41.5 Å². The predicted molar refractivity (Wildman–Crippen MR) is 104 cm³/mol. The number of H-pyrrole nitrogens is 1. The molecule has 1 aromatic carbocycles. The van der Waals surface area contributed by atoms with Gasteiger partial charge < -0.3 is 4.74 Å². The maximum absolute atomic E-state index is 13.7. The molecule has 0 radical (unpaired) electrons. The van der Waals surface area contributed by atoms with Crippen molar-refractivity contribution in [2.75, 3.05) is 18.6 Å². The summed E-state index contributed by atoms with van der Waals surface area (Å²) < 4.78 is 18.9. The molecule has 3 heterocycles. The van der Waals surface area contributed by atoms with Crippen molar-refractivity contribution in [2.24, 2.45) is 5.92 Å². The Labute approximate surface area is 162 Å². The molecule has 1 amide bonds. The zero-order chi connectivity index (χ0) is 19.7. The fourth-order valence-electron chi connectivity index (χ4n) is 3.70. The van der Waals surface area contributed by atoms with Crippen LogP contribution in [0, 0.1) is 18.7 Å². The van der Waals surface area contributed by atoms with Crippen LogP contribution in [0.1, 0.15) is 17.7 Å². The molecule has 144 valence electrons. The number of benzene rings is 1. The number of aromatic nitrogens is 3. The van der Waals surface area contributed by atoms with Crippen LogP contribution in [0.15, 0.2) is 42.7 Å². The highest BCUT2D eigenvalue weighted by Crippen LogP contribution is 2.30. The summed E-state index contributed by atoms with van der Waals surface area (Å²) >= 11 is 0. The highest BCUT2D eigenvalue weighted by atomic mass is 19.1. The molecule has 1 N–H and O–H groups in total. The van der Waals surface area contributed by atoms with E-state index in [1.165, 1.54) is 19.2 Å². The van der Waals surface area contributed by atoms with Crippen LogP contribution in [-0.2, 0) is 11.2 Å². The van der Waals surface area contributed by atoms with E-state index in [0.29, 0.717) is 31.0 Å². The molecule has 0 saturated carbocycles. The van der Waals surface area contributed by atoms with Crippen molar-refractivity contribution in [1.29, 1.82) is 0 Å². The Hall–Kier alpha value is -3.22. The lowest BCUT2D eigenvalue weighted by molar-refractivity contribution is -0.120. The molecule has 1 saturated heterocycles. The number of halogens is 1. The molecule has 6 nitrogen and oxygen atoms in total. The normalized spacial score (nSPS) is 16.6. The van der Waals surface area contributed by atoms with Crippen LogP contribution in [0.5, 0.6) is 5.75 Å². The van der Waals surface area contributed by atoms with Crippen LogP contribution in [0.2, 0.25) is 0 Å². The average Bonchev–Trinajstić information content (AvgIpc) is 3.32. The number of ether oxygens (including phenoxy) is 1. The van der Waals surface area contributed by atoms with Crippen molar-refractivity contribution in [3.8, 4) is 16.9 Å². The second-order valence-electron chi connectivity index (χ2n) is 6.97. The molecule has 1 aliphatic rings. The molecule has 3 aromatic rings. The van der Waals surface area contributed by atoms with Gasteiger partial charge in [-0.25, -0.2) is 9.37 Å². The minimum Gasteiger partial charge on any atom is -0.497 e. The number of anilines is 1. The molecule has 4 rings (SSSR count). The van der Waals surface area contributed by atoms with Crippen molar-refractivity contribution in [3.63, 3.8) is 0 Å². The molecule has 2 aromatic heterocycles. The van der Waals surface area contributed by atoms with Crippen LogP contribution in [0.4, 0.5) is 10.2 Å². The minimum absolute atomic E-state index is 0.0196. The van der Waals surface area contributed by atoms with Gasteiger partial charge in [-0.3, -0.25) is 14.8 Å². The lowest BCUT2D eigenvalue weighted by Gasteiger charge is -2.17. The zero-order valence-corrected chi connectivity index (χ0v) is 15.8. The number of nitrogens with zero attached hydrogens (tertiary/aromatic N) is 3. The summed E-state index contributed by atoms with van der Waals surface area (Å²) in [5.41, 5.74) is 3.54. The zero-order valence-electron chi connectivity index (χ0n) is 15.8. The number of carbonyl (C=O) groups is 1. The Morgan fingerprint density at radius 2 is 2.18 bits per heavy atom. The molecule has 0 aliphatic carbocycles. The van der Waals surface area contributed by atoms with Crippen molar-refractivity contribution in [1.82, 2.24) is 15.2 Å². The first-order chi connectivity index (χ1) is 13.5. The molecule has 1 unspecified atom stereocenters. The Balaban J connectivity index is 1.51. The van der Waals surface area contributed by atoms with Crippen LogP contribution in [0.25, 0.3) is 11.1 Å². The Kier molecular flexibility index (Phi) is 4.81. The summed E-state index contributed by atoms with van der Waals surface area (Å²) in [6.45, 7) is 2.52. The van der Waals surface area contributed by atoms with Crippen LogP contribution in [-0.4, -0.2) is 34.7 Å². The number of hydrogen-bond donors (Lipinski definition) is 1. The van der Waals surface area contributed by atoms with E-state index in [1.54, 1.807) is 17.2 Å². The van der Waals surface area contributed by atoms with E-state index < -0.39 is 0 Å². The number of pyridine rings is 1. The fourth-order valence-corrected chi connectivity index (χ4v) is 3.70. The van der Waals surface area contributed by atoms with E-state index in [1.807, 2.05) is 25.3 Å². The fraction of sp³-hybridized carbons (Fsp3) is 0.286. The second-order valence-corrected chi connectivity index (χ2v) is 6.97. The van der Waals surface area contributed by atoms with E-state index in [4.69, 9.17) is 4.74 Å². The third-order valence-electron chi connectivity index (χ3n) is 5.12. The molecule has 7 heteroatoms. The number of amides is 1. The van der Waals surface area contributed by atoms with Crippen molar-refractivity contribution in [2.45, 2.75) is 19.8 Å². The number of aryl methyl sites for hydroxylation is 1. The Morgan fingerprint density at radius 3 is 2.89 bits per heavy atom. The van der Waals surface area contributed by atoms with Gasteiger partial charge in [-0.2, -0.15) is 5.10 Å². The largest absolute Gasteiger partial charge is 0.497 e. The topological polar surface area (TPSA) is 71.1 Å². The van der Waals surface area contributed by atoms with Crippen molar-refractivity contribution < 1.29 is 13.9 Å². The van der Waals surface area contributed by atoms with Crippen molar-refractivity contribution >= 4 is 11.7 Å². The van der Waals surface area contributed by atoms with Gasteiger partial charge in [-0.05, 0) is 49.6 Å². The number of rotatable bonds is 5. The van der Waals surface area contributed by atoms with E-state index in [2.05, 4.69) is 15.2 Å². The summed E-state index contributed by atoms with van der Waals surface area (Å²) in [6.07, 6.45) is 4.75. The third-order valence-corrected chi connectivity index (χ3v) is 5.12. The standard InChI is InChI=1S/C21H21FN4O2/c1-13-19(16-11-23-24-12-16)3-4-20(25-13)26-6-5-15(21(26)27)7-14-8-17(22)10-18(9-14)28-2/h3-4,8-12,15H,5-7H2,1-2H3,(H,23,24). The number of carbonyl (C=O) groups excluding carboxylic acids is 1. The summed E-state index contributed by atoms with van der Waals surface area (Å²) in [5.74, 6) is 0.579. The number of nitrogens with one attached hydrogen (secondary N) is 1. The summed E-state index contributed by atoms with van der Waals surface area (Å²) in [4.78, 5) is 19.3. The third kappa shape index (κ3) is 3.47. The minimum atomic E-state index is -0.358. The predicted octanol–water partition coefficient (Wildman–Crippen LogP) is 3.52. The maximum Gasteiger partial charge on any atom is 0.231 e. The van der Waals surface area contributed by atoms with Gasteiger partial charge >= 0.3 is 0 Å². The van der Waals surface area contributed by atoms with Gasteiger partial charge in [-0.15, -0.1) is 0 Å². The summed E-state index contributed by atoms with van der Waals surface area (Å²) in [5, 5.41) is 6.76. The molecule has 0 spiro atoms. The van der Waals surface area contributed by atoms with Gasteiger partial charge in [0.05, 0.1) is 13.3 Å². The van der Waals surface area contributed by atoms with E-state index in [9.17, 15) is 9.18 Å². The molecular formula is C21H21FN4O2. The Morgan fingerprint density at radius 1 is 1.32 bits per heavy atom. The van der Waals surface area contributed by atoms with E-state index >= 15 is 0 Å². The van der Waals surface area contributed by atoms with Gasteiger partial charge in [0.2, 0.25) is 5.91 Å². The van der Waals surface area contributed by atoms with E-state index in [-0.39, 0.29) is 17.6 Å². The molecule has 1 fully saturated rings. The van der Waals surface area contributed by atoms with E-state index in [0.717, 1.165) is 22.4 Å². The number of hydrogen-bond acceptors (Lipinski definition) is 4. The molecule has 1 aliphatic heterocycles. The second kappa shape index (κ2) is 7.42. The molecular weight excluding hydrogens is 359 g/mol. The monoisotopic (exact) mass is 380 g/mol. The van der Waals surface area contributed by atoms with Crippen LogP contribution in [0.3, 0.4) is 0 Å². The van der Waals surface area contributed by atoms with Crippen LogP contribution >= 0.6 is 0 Å². The molecule has 28 heavy (non-hydrogen) atoms. The summed E-state index contributed by atoms with van der Waals surface area (Å²) in [7, 11) is 1.50. The number of methoxy groups -OCH3 is 1. The van der Waals surface area contributed by atoms with Gasteiger partial charge in [0.15, 0.2) is 0 Å². The first kappa shape index (κ1) is 18.2. The first-order valence-corrected chi connectivity index (χ1v) is 9.17. The first-order valence-electron chi connectivity index (χ1n) is 9.17. The average molecular weight is 380 g/mol. The van der Waals surface area contributed by atoms with Crippen LogP contribution < -0.4 is 9.64 Å². The molecule has 0 bridgehead atoms. The summed E-state index contributed by atoms with van der Waals surface area (Å²) in [6, 6.07) is 8.39. The lowest BCUT2D eigenvalue weighted by Crippen LogP contribution is -2.28. The quantitative estimate of drug-likeness (QED) is 0.735.